The summed E-state index contributed by atoms with van der Waals surface area (Å²) >= 11 is 0. The number of hydrogen-bond donors (Lipinski definition) is 1. The van der Waals surface area contributed by atoms with Crippen molar-refractivity contribution in [1.29, 1.82) is 0 Å². The highest BCUT2D eigenvalue weighted by atomic mass is 16.5. The van der Waals surface area contributed by atoms with E-state index in [1.807, 2.05) is 12.2 Å². The van der Waals surface area contributed by atoms with Crippen LogP contribution in [0.3, 0.4) is 0 Å². The number of amides is 4. The number of urea groups is 1. The van der Waals surface area contributed by atoms with Gasteiger partial charge >= 0.3 is 23.8 Å². The molecule has 0 spiro atoms. The number of aryl methyl sites for hydroxylation is 1. The first-order valence-corrected chi connectivity index (χ1v) is 6.34. The van der Waals surface area contributed by atoms with Gasteiger partial charge < -0.3 is 4.74 Å². The number of nitrogens with zero attached hydrogens (tertiary/aromatic N) is 1. The first-order valence-electron chi connectivity index (χ1n) is 6.34. The summed E-state index contributed by atoms with van der Waals surface area (Å²) in [4.78, 5) is 46.6. The minimum atomic E-state index is -0.946. The second-order valence-corrected chi connectivity index (χ2v) is 4.49. The van der Waals surface area contributed by atoms with E-state index in [9.17, 15) is 19.2 Å². The minimum absolute atomic E-state index is 0.0790. The molecule has 1 aromatic rings. The molecule has 1 aliphatic rings. The van der Waals surface area contributed by atoms with Gasteiger partial charge in [-0.15, -0.1) is 0 Å². The molecule has 1 aromatic carbocycles. The Balaban J connectivity index is 2.29. The van der Waals surface area contributed by atoms with Gasteiger partial charge in [-0.2, -0.15) is 0 Å². The third-order valence-corrected chi connectivity index (χ3v) is 3.21. The maximum absolute atomic E-state index is 11.7. The normalized spacial score (nSPS) is 14.4. The summed E-state index contributed by atoms with van der Waals surface area (Å²) in [6.45, 7) is 1.82. The summed E-state index contributed by atoms with van der Waals surface area (Å²) in [7, 11) is 1.28. The summed E-state index contributed by atoms with van der Waals surface area (Å²) in [6, 6.07) is 4.24. The van der Waals surface area contributed by atoms with Crippen molar-refractivity contribution in [2.75, 3.05) is 7.11 Å². The van der Waals surface area contributed by atoms with Gasteiger partial charge in [-0.1, -0.05) is 19.1 Å². The van der Waals surface area contributed by atoms with Crippen molar-refractivity contribution in [3.8, 4) is 0 Å². The lowest BCUT2D eigenvalue weighted by atomic mass is 10.0. The van der Waals surface area contributed by atoms with Gasteiger partial charge in [0, 0.05) is 0 Å². The maximum Gasteiger partial charge on any atom is 0.338 e. The Kier molecular flexibility index (Phi) is 4.02. The number of rotatable bonds is 4. The molecular weight excluding hydrogens is 276 g/mol. The third-order valence-electron chi connectivity index (χ3n) is 3.21. The Morgan fingerprint density at radius 3 is 2.52 bits per heavy atom. The second kappa shape index (κ2) is 5.74. The van der Waals surface area contributed by atoms with Crippen LogP contribution >= 0.6 is 0 Å². The summed E-state index contributed by atoms with van der Waals surface area (Å²) in [6.07, 6.45) is 0.645. The van der Waals surface area contributed by atoms with Crippen LogP contribution in [0.15, 0.2) is 18.2 Å². The van der Waals surface area contributed by atoms with Crippen LogP contribution in [-0.4, -0.2) is 35.8 Å². The fraction of sp³-hybridized carbons (Fsp3) is 0.286. The smallest absolute Gasteiger partial charge is 0.338 e. The zero-order valence-corrected chi connectivity index (χ0v) is 11.6. The number of hydrogen-bond acceptors (Lipinski definition) is 5. The Hall–Kier alpha value is -2.70. The van der Waals surface area contributed by atoms with Crippen LogP contribution in [-0.2, 0) is 27.3 Å². The van der Waals surface area contributed by atoms with E-state index < -0.39 is 23.8 Å². The van der Waals surface area contributed by atoms with E-state index in [1.165, 1.54) is 7.11 Å². The molecule has 110 valence electrons. The molecule has 0 aliphatic carbocycles. The lowest BCUT2D eigenvalue weighted by Crippen LogP contribution is -2.30. The van der Waals surface area contributed by atoms with E-state index in [-0.39, 0.29) is 6.54 Å². The molecule has 0 saturated carbocycles. The SMILES string of the molecule is CCc1ccc(CN2C(=O)NC(=O)C2=O)cc1C(=O)OC. The van der Waals surface area contributed by atoms with Gasteiger partial charge in [0.1, 0.15) is 0 Å². The number of ether oxygens (including phenoxy) is 1. The van der Waals surface area contributed by atoms with Gasteiger partial charge in [0.2, 0.25) is 0 Å². The number of methoxy groups -OCH3 is 1. The maximum atomic E-state index is 11.7. The van der Waals surface area contributed by atoms with Gasteiger partial charge in [-0.3, -0.25) is 19.8 Å². The van der Waals surface area contributed by atoms with Crippen molar-refractivity contribution < 1.29 is 23.9 Å². The van der Waals surface area contributed by atoms with E-state index in [0.717, 1.165) is 10.5 Å². The van der Waals surface area contributed by atoms with Crippen LogP contribution in [0.1, 0.15) is 28.4 Å². The summed E-state index contributed by atoms with van der Waals surface area (Å²) in [5.41, 5.74) is 1.75. The highest BCUT2D eigenvalue weighted by Gasteiger charge is 2.36. The van der Waals surface area contributed by atoms with Gasteiger partial charge in [-0.05, 0) is 23.6 Å². The number of carbonyl (C=O) groups excluding carboxylic acids is 4. The predicted octanol–water partition coefficient (Wildman–Crippen LogP) is 0.614. The quantitative estimate of drug-likeness (QED) is 0.498. The third kappa shape index (κ3) is 2.76. The molecule has 7 heteroatoms. The number of imide groups is 2. The molecule has 0 bridgehead atoms. The molecule has 0 aromatic heterocycles. The van der Waals surface area contributed by atoms with Crippen LogP contribution in [0.5, 0.6) is 0 Å². The standard InChI is InChI=1S/C14H14N2O5/c1-3-9-5-4-8(6-10(9)13(19)21-2)7-16-12(18)11(17)15-14(16)20/h4-6H,3,7H2,1-2H3,(H,15,17,20). The highest BCUT2D eigenvalue weighted by Crippen LogP contribution is 2.17. The molecule has 1 aliphatic heterocycles. The minimum Gasteiger partial charge on any atom is -0.465 e. The van der Waals surface area contributed by atoms with Gasteiger partial charge in [-0.25, -0.2) is 9.59 Å². The zero-order valence-electron chi connectivity index (χ0n) is 11.6. The Morgan fingerprint density at radius 1 is 1.29 bits per heavy atom. The Bertz CT molecular complexity index is 638. The predicted molar refractivity (Wildman–Crippen MR) is 71.2 cm³/mol. The molecule has 1 heterocycles. The molecule has 1 fully saturated rings. The lowest BCUT2D eigenvalue weighted by Gasteiger charge is -2.13. The molecular formula is C14H14N2O5. The lowest BCUT2D eigenvalue weighted by molar-refractivity contribution is -0.140. The fourth-order valence-electron chi connectivity index (χ4n) is 2.09. The number of benzene rings is 1. The van der Waals surface area contributed by atoms with Gasteiger partial charge in [0.05, 0.1) is 19.2 Å². The molecule has 4 amide bonds. The van der Waals surface area contributed by atoms with E-state index in [1.54, 1.807) is 18.2 Å². The summed E-state index contributed by atoms with van der Waals surface area (Å²) in [5, 5.41) is 1.91. The van der Waals surface area contributed by atoms with Crippen molar-refractivity contribution in [3.63, 3.8) is 0 Å². The number of carbonyl (C=O) groups is 4. The zero-order chi connectivity index (χ0) is 15.6. The Labute approximate surface area is 120 Å². The van der Waals surface area contributed by atoms with Crippen LogP contribution in [0, 0.1) is 0 Å². The van der Waals surface area contributed by atoms with Crippen LogP contribution in [0.2, 0.25) is 0 Å². The van der Waals surface area contributed by atoms with E-state index in [4.69, 9.17) is 4.74 Å². The monoisotopic (exact) mass is 290 g/mol. The fourth-order valence-corrected chi connectivity index (χ4v) is 2.09. The van der Waals surface area contributed by atoms with Crippen LogP contribution in [0.4, 0.5) is 4.79 Å². The van der Waals surface area contributed by atoms with Crippen molar-refractivity contribution in [2.24, 2.45) is 0 Å². The van der Waals surface area contributed by atoms with Gasteiger partial charge in [0.15, 0.2) is 0 Å². The molecule has 1 N–H and O–H groups in total. The van der Waals surface area contributed by atoms with Crippen molar-refractivity contribution >= 4 is 23.8 Å². The van der Waals surface area contributed by atoms with Crippen LogP contribution < -0.4 is 5.32 Å². The second-order valence-electron chi connectivity index (χ2n) is 4.49. The van der Waals surface area contributed by atoms with Crippen molar-refractivity contribution in [1.82, 2.24) is 10.2 Å². The van der Waals surface area contributed by atoms with Crippen LogP contribution in [0.25, 0.3) is 0 Å². The topological polar surface area (TPSA) is 92.8 Å². The Morgan fingerprint density at radius 2 is 2.00 bits per heavy atom. The average Bonchev–Trinajstić information content (AvgIpc) is 2.72. The van der Waals surface area contributed by atoms with Crippen molar-refractivity contribution in [2.45, 2.75) is 19.9 Å². The van der Waals surface area contributed by atoms with E-state index in [0.29, 0.717) is 17.5 Å². The average molecular weight is 290 g/mol. The molecule has 0 unspecified atom stereocenters. The first kappa shape index (κ1) is 14.7. The molecule has 21 heavy (non-hydrogen) atoms. The van der Waals surface area contributed by atoms with Gasteiger partial charge in [0.25, 0.3) is 0 Å². The largest absolute Gasteiger partial charge is 0.465 e. The molecule has 0 atom stereocenters. The summed E-state index contributed by atoms with van der Waals surface area (Å²) in [5.74, 6) is -2.33. The van der Waals surface area contributed by atoms with E-state index in [2.05, 4.69) is 0 Å². The van der Waals surface area contributed by atoms with E-state index >= 15 is 0 Å². The van der Waals surface area contributed by atoms with Crippen molar-refractivity contribution in [3.05, 3.63) is 34.9 Å². The molecule has 0 radical (unpaired) electrons. The first-order chi connectivity index (χ1) is 9.97. The molecule has 1 saturated heterocycles. The molecule has 2 rings (SSSR count). The molecule has 7 nitrogen and oxygen atoms in total. The highest BCUT2D eigenvalue weighted by molar-refractivity contribution is 6.44. The summed E-state index contributed by atoms with van der Waals surface area (Å²) < 4.78 is 4.71. The number of nitrogens with one attached hydrogen (secondary N) is 1. The number of esters is 1.